The van der Waals surface area contributed by atoms with E-state index in [0.29, 0.717) is 0 Å². The van der Waals surface area contributed by atoms with Gasteiger partial charge >= 0.3 is 0 Å². The summed E-state index contributed by atoms with van der Waals surface area (Å²) in [5.74, 6) is 0. The van der Waals surface area contributed by atoms with Crippen LogP contribution in [0.5, 0.6) is 0 Å². The molecule has 0 radical (unpaired) electrons. The van der Waals surface area contributed by atoms with E-state index in [2.05, 4.69) is 0 Å². The van der Waals surface area contributed by atoms with Crippen LogP contribution in [0, 0.1) is 17.0 Å². The molecule has 0 saturated carbocycles. The molecular weight excluding hydrogens is 216 g/mol. The normalized spacial score (nSPS) is 10.6. The van der Waals surface area contributed by atoms with Gasteiger partial charge in [-0.1, -0.05) is 11.6 Å². The fourth-order valence-electron chi connectivity index (χ4n) is 1.06. The van der Waals surface area contributed by atoms with Crippen LogP contribution in [0.3, 0.4) is 0 Å². The van der Waals surface area contributed by atoms with Crippen molar-refractivity contribution in [2.75, 3.05) is 0 Å². The molecule has 0 unspecified atom stereocenters. The Balaban J connectivity index is 3.31. The van der Waals surface area contributed by atoms with Crippen molar-refractivity contribution in [1.29, 1.82) is 0 Å². The Bertz CT molecular complexity index is 382. The SMILES string of the molecule is Cc1cc([N+](=O)[O-])c(Cl)cc1C(F)F. The third-order valence-corrected chi connectivity index (χ3v) is 2.07. The zero-order valence-corrected chi connectivity index (χ0v) is 7.89. The van der Waals surface area contributed by atoms with Crippen LogP contribution in [-0.2, 0) is 0 Å². The van der Waals surface area contributed by atoms with Crippen molar-refractivity contribution >= 4 is 17.3 Å². The first-order chi connectivity index (χ1) is 6.43. The molecule has 0 fully saturated rings. The average Bonchev–Trinajstić information content (AvgIpc) is 2.07. The fourth-order valence-corrected chi connectivity index (χ4v) is 1.30. The molecule has 0 saturated heterocycles. The largest absolute Gasteiger partial charge is 0.288 e. The Hall–Kier alpha value is -1.23. The maximum Gasteiger partial charge on any atom is 0.288 e. The number of nitrogens with zero attached hydrogens (tertiary/aromatic N) is 1. The van der Waals surface area contributed by atoms with Gasteiger partial charge in [0, 0.05) is 11.6 Å². The lowest BCUT2D eigenvalue weighted by molar-refractivity contribution is -0.384. The summed E-state index contributed by atoms with van der Waals surface area (Å²) < 4.78 is 24.6. The van der Waals surface area contributed by atoms with Gasteiger partial charge in [0.1, 0.15) is 5.02 Å². The number of benzene rings is 1. The zero-order chi connectivity index (χ0) is 10.9. The van der Waals surface area contributed by atoms with Crippen molar-refractivity contribution in [2.24, 2.45) is 0 Å². The van der Waals surface area contributed by atoms with Crippen LogP contribution in [0.4, 0.5) is 14.5 Å². The van der Waals surface area contributed by atoms with E-state index in [-0.39, 0.29) is 21.8 Å². The van der Waals surface area contributed by atoms with Crippen LogP contribution < -0.4 is 0 Å². The second-order valence-corrected chi connectivity index (χ2v) is 3.13. The number of alkyl halides is 2. The van der Waals surface area contributed by atoms with Gasteiger partial charge in [-0.3, -0.25) is 10.1 Å². The number of halogens is 3. The van der Waals surface area contributed by atoms with Crippen molar-refractivity contribution in [3.63, 3.8) is 0 Å². The van der Waals surface area contributed by atoms with Gasteiger partial charge in [-0.15, -0.1) is 0 Å². The fraction of sp³-hybridized carbons (Fsp3) is 0.250. The van der Waals surface area contributed by atoms with Crippen LogP contribution in [0.2, 0.25) is 5.02 Å². The highest BCUT2D eigenvalue weighted by Crippen LogP contribution is 2.32. The monoisotopic (exact) mass is 221 g/mol. The summed E-state index contributed by atoms with van der Waals surface area (Å²) in [5, 5.41) is 10.1. The number of rotatable bonds is 2. The van der Waals surface area contributed by atoms with Gasteiger partial charge < -0.3 is 0 Å². The maximum absolute atomic E-state index is 12.3. The summed E-state index contributed by atoms with van der Waals surface area (Å²) >= 11 is 5.47. The van der Waals surface area contributed by atoms with Crippen molar-refractivity contribution in [2.45, 2.75) is 13.3 Å². The third kappa shape index (κ3) is 1.98. The molecule has 0 aliphatic rings. The van der Waals surface area contributed by atoms with E-state index in [1.54, 1.807) is 0 Å². The van der Waals surface area contributed by atoms with E-state index in [0.717, 1.165) is 12.1 Å². The molecular formula is C8H6ClF2NO2. The van der Waals surface area contributed by atoms with E-state index >= 15 is 0 Å². The van der Waals surface area contributed by atoms with Crippen LogP contribution in [0.25, 0.3) is 0 Å². The van der Waals surface area contributed by atoms with Crippen LogP contribution >= 0.6 is 11.6 Å². The smallest absolute Gasteiger partial charge is 0.258 e. The van der Waals surface area contributed by atoms with Gasteiger partial charge in [-0.2, -0.15) is 0 Å². The van der Waals surface area contributed by atoms with E-state index in [4.69, 9.17) is 11.6 Å². The summed E-state index contributed by atoms with van der Waals surface area (Å²) in [6.07, 6.45) is -2.67. The molecule has 1 aromatic carbocycles. The lowest BCUT2D eigenvalue weighted by Gasteiger charge is -2.05. The number of hydrogen-bond donors (Lipinski definition) is 0. The summed E-state index contributed by atoms with van der Waals surface area (Å²) in [6.45, 7) is 1.38. The Labute approximate surface area is 83.4 Å². The first-order valence-electron chi connectivity index (χ1n) is 3.66. The molecule has 0 bridgehead atoms. The minimum absolute atomic E-state index is 0.163. The van der Waals surface area contributed by atoms with E-state index in [9.17, 15) is 18.9 Å². The molecule has 0 atom stereocenters. The second-order valence-electron chi connectivity index (χ2n) is 2.72. The predicted octanol–water partition coefficient (Wildman–Crippen LogP) is 3.49. The number of hydrogen-bond acceptors (Lipinski definition) is 2. The van der Waals surface area contributed by atoms with E-state index in [1.165, 1.54) is 6.92 Å². The molecule has 1 aromatic rings. The molecule has 0 spiro atoms. The molecule has 0 aliphatic carbocycles. The molecule has 6 heteroatoms. The molecule has 0 heterocycles. The Morgan fingerprint density at radius 1 is 1.50 bits per heavy atom. The molecule has 1 rings (SSSR count). The van der Waals surface area contributed by atoms with Crippen molar-refractivity contribution in [3.8, 4) is 0 Å². The average molecular weight is 222 g/mol. The van der Waals surface area contributed by atoms with Gasteiger partial charge in [-0.05, 0) is 18.6 Å². The Morgan fingerprint density at radius 3 is 2.50 bits per heavy atom. The van der Waals surface area contributed by atoms with Gasteiger partial charge in [0.25, 0.3) is 12.1 Å². The van der Waals surface area contributed by atoms with Crippen LogP contribution in [0.1, 0.15) is 17.6 Å². The van der Waals surface area contributed by atoms with Crippen LogP contribution in [0.15, 0.2) is 12.1 Å². The first-order valence-corrected chi connectivity index (χ1v) is 4.04. The Kier molecular flexibility index (Phi) is 3.00. The first kappa shape index (κ1) is 10.8. The highest BCUT2D eigenvalue weighted by Gasteiger charge is 2.18. The molecule has 3 nitrogen and oxygen atoms in total. The minimum atomic E-state index is -2.67. The molecule has 0 aliphatic heterocycles. The van der Waals surface area contributed by atoms with Gasteiger partial charge in [0.2, 0.25) is 0 Å². The zero-order valence-electron chi connectivity index (χ0n) is 7.13. The minimum Gasteiger partial charge on any atom is -0.258 e. The molecule has 0 amide bonds. The number of nitro benzene ring substituents is 1. The number of aryl methyl sites for hydroxylation is 1. The molecule has 0 aromatic heterocycles. The van der Waals surface area contributed by atoms with Crippen molar-refractivity contribution in [3.05, 3.63) is 38.4 Å². The molecule has 76 valence electrons. The maximum atomic E-state index is 12.3. The molecule has 0 N–H and O–H groups in total. The lowest BCUT2D eigenvalue weighted by Crippen LogP contribution is -1.95. The van der Waals surface area contributed by atoms with E-state index < -0.39 is 11.3 Å². The van der Waals surface area contributed by atoms with Crippen molar-refractivity contribution < 1.29 is 13.7 Å². The van der Waals surface area contributed by atoms with Gasteiger partial charge in [0.05, 0.1) is 4.92 Å². The Morgan fingerprint density at radius 2 is 2.07 bits per heavy atom. The summed E-state index contributed by atoms with van der Waals surface area (Å²) in [7, 11) is 0. The topological polar surface area (TPSA) is 43.1 Å². The summed E-state index contributed by atoms with van der Waals surface area (Å²) in [4.78, 5) is 9.68. The van der Waals surface area contributed by atoms with Gasteiger partial charge in [-0.25, -0.2) is 8.78 Å². The third-order valence-electron chi connectivity index (χ3n) is 1.77. The van der Waals surface area contributed by atoms with Crippen LogP contribution in [-0.4, -0.2) is 4.92 Å². The highest BCUT2D eigenvalue weighted by atomic mass is 35.5. The standard InChI is InChI=1S/C8H6ClF2NO2/c1-4-2-7(12(13)14)6(9)3-5(4)8(10)11/h2-3,8H,1H3. The summed E-state index contributed by atoms with van der Waals surface area (Å²) in [6, 6.07) is 1.98. The summed E-state index contributed by atoms with van der Waals surface area (Å²) in [5.41, 5.74) is -0.467. The van der Waals surface area contributed by atoms with Crippen molar-refractivity contribution in [1.82, 2.24) is 0 Å². The predicted molar refractivity (Wildman–Crippen MR) is 47.8 cm³/mol. The molecule has 14 heavy (non-hydrogen) atoms. The van der Waals surface area contributed by atoms with Gasteiger partial charge in [0.15, 0.2) is 0 Å². The second kappa shape index (κ2) is 3.88. The number of nitro groups is 1. The van der Waals surface area contributed by atoms with E-state index in [1.807, 2.05) is 0 Å². The lowest BCUT2D eigenvalue weighted by atomic mass is 10.1. The quantitative estimate of drug-likeness (QED) is 0.567. The highest BCUT2D eigenvalue weighted by molar-refractivity contribution is 6.32.